The van der Waals surface area contributed by atoms with E-state index in [1.54, 1.807) is 0 Å². The van der Waals surface area contributed by atoms with Crippen LogP contribution in [-0.4, -0.2) is 17.4 Å². The van der Waals surface area contributed by atoms with Crippen LogP contribution in [0.25, 0.3) is 0 Å². The lowest BCUT2D eigenvalue weighted by Gasteiger charge is -2.19. The van der Waals surface area contributed by atoms with Gasteiger partial charge in [0.05, 0.1) is 17.4 Å². The van der Waals surface area contributed by atoms with Crippen molar-refractivity contribution in [2.75, 3.05) is 12.3 Å². The molecular formula is C11H16ClN3O. The first-order valence-electron chi connectivity index (χ1n) is 4.99. The smallest absolute Gasteiger partial charge is 0.253 e. The van der Waals surface area contributed by atoms with Gasteiger partial charge in [-0.1, -0.05) is 32.4 Å². The number of pyridine rings is 1. The van der Waals surface area contributed by atoms with Crippen LogP contribution in [0.1, 0.15) is 31.1 Å². The van der Waals surface area contributed by atoms with Crippen molar-refractivity contribution in [3.63, 3.8) is 0 Å². The van der Waals surface area contributed by atoms with Crippen molar-refractivity contribution in [3.8, 4) is 0 Å². The van der Waals surface area contributed by atoms with E-state index in [4.69, 9.17) is 17.3 Å². The van der Waals surface area contributed by atoms with Crippen LogP contribution in [-0.2, 0) is 0 Å². The predicted molar refractivity (Wildman–Crippen MR) is 65.4 cm³/mol. The van der Waals surface area contributed by atoms with Gasteiger partial charge in [-0.2, -0.15) is 0 Å². The second kappa shape index (κ2) is 4.70. The van der Waals surface area contributed by atoms with Crippen molar-refractivity contribution < 1.29 is 4.79 Å². The summed E-state index contributed by atoms with van der Waals surface area (Å²) in [5, 5.41) is 3.06. The molecule has 1 aromatic heterocycles. The van der Waals surface area contributed by atoms with E-state index < -0.39 is 0 Å². The molecule has 0 saturated heterocycles. The molecule has 5 heteroatoms. The lowest BCUT2D eigenvalue weighted by Crippen LogP contribution is -2.32. The number of nitrogens with two attached hydrogens (primary N) is 1. The highest BCUT2D eigenvalue weighted by Crippen LogP contribution is 2.16. The Morgan fingerprint density at radius 3 is 2.75 bits per heavy atom. The van der Waals surface area contributed by atoms with Crippen molar-refractivity contribution in [2.45, 2.75) is 20.8 Å². The molecule has 0 bridgehead atoms. The Bertz CT molecular complexity index is 399. The summed E-state index contributed by atoms with van der Waals surface area (Å²) in [6.07, 6.45) is 1.38. The summed E-state index contributed by atoms with van der Waals surface area (Å²) in [7, 11) is 0. The molecule has 0 saturated carbocycles. The van der Waals surface area contributed by atoms with Crippen LogP contribution >= 0.6 is 11.6 Å². The second-order valence-electron chi connectivity index (χ2n) is 4.84. The third kappa shape index (κ3) is 3.70. The van der Waals surface area contributed by atoms with Crippen molar-refractivity contribution in [1.82, 2.24) is 10.3 Å². The minimum Gasteiger partial charge on any atom is -0.397 e. The van der Waals surface area contributed by atoms with Crippen molar-refractivity contribution >= 4 is 23.2 Å². The molecule has 0 fully saturated rings. The summed E-state index contributed by atoms with van der Waals surface area (Å²) in [5.41, 5.74) is 6.37. The number of carbonyl (C=O) groups excluding carboxylic acids is 1. The summed E-state index contributed by atoms with van der Waals surface area (Å²) >= 11 is 5.70. The molecular weight excluding hydrogens is 226 g/mol. The molecule has 0 atom stereocenters. The van der Waals surface area contributed by atoms with E-state index in [0.717, 1.165) is 0 Å². The van der Waals surface area contributed by atoms with Crippen molar-refractivity contribution in [3.05, 3.63) is 23.0 Å². The fraction of sp³-hybridized carbons (Fsp3) is 0.455. The van der Waals surface area contributed by atoms with Gasteiger partial charge in [-0.05, 0) is 11.5 Å². The van der Waals surface area contributed by atoms with Gasteiger partial charge in [0.15, 0.2) is 0 Å². The quantitative estimate of drug-likeness (QED) is 0.779. The van der Waals surface area contributed by atoms with Gasteiger partial charge in [-0.15, -0.1) is 0 Å². The molecule has 0 aliphatic heterocycles. The molecule has 3 N–H and O–H groups in total. The molecule has 0 unspecified atom stereocenters. The first-order valence-corrected chi connectivity index (χ1v) is 5.36. The molecule has 1 amide bonds. The monoisotopic (exact) mass is 241 g/mol. The number of rotatable bonds is 2. The molecule has 4 nitrogen and oxygen atoms in total. The number of amides is 1. The summed E-state index contributed by atoms with van der Waals surface area (Å²) in [6.45, 7) is 6.69. The largest absolute Gasteiger partial charge is 0.397 e. The number of carbonyl (C=O) groups is 1. The Morgan fingerprint density at radius 2 is 2.19 bits per heavy atom. The average Bonchev–Trinajstić information content (AvgIpc) is 2.17. The zero-order valence-electron chi connectivity index (χ0n) is 9.67. The van der Waals surface area contributed by atoms with Crippen LogP contribution in [0.2, 0.25) is 5.15 Å². The maximum atomic E-state index is 11.8. The van der Waals surface area contributed by atoms with Crippen LogP contribution < -0.4 is 11.1 Å². The van der Waals surface area contributed by atoms with Gasteiger partial charge >= 0.3 is 0 Å². The van der Waals surface area contributed by atoms with Gasteiger partial charge in [-0.3, -0.25) is 4.79 Å². The van der Waals surface area contributed by atoms with Gasteiger partial charge < -0.3 is 11.1 Å². The lowest BCUT2D eigenvalue weighted by atomic mass is 9.97. The molecule has 0 spiro atoms. The molecule has 1 rings (SSSR count). The van der Waals surface area contributed by atoms with Gasteiger partial charge in [0.25, 0.3) is 5.91 Å². The summed E-state index contributed by atoms with van der Waals surface area (Å²) in [4.78, 5) is 15.6. The number of aromatic nitrogens is 1. The Morgan fingerprint density at radius 1 is 1.56 bits per heavy atom. The van der Waals surface area contributed by atoms with E-state index in [1.807, 2.05) is 20.8 Å². The normalized spacial score (nSPS) is 11.2. The van der Waals surface area contributed by atoms with Crippen LogP contribution in [0.3, 0.4) is 0 Å². The number of halogens is 1. The summed E-state index contributed by atoms with van der Waals surface area (Å²) in [6, 6.07) is 1.47. The van der Waals surface area contributed by atoms with Crippen molar-refractivity contribution in [2.24, 2.45) is 5.41 Å². The average molecular weight is 242 g/mol. The maximum absolute atomic E-state index is 11.8. The highest BCUT2D eigenvalue weighted by atomic mass is 35.5. The van der Waals surface area contributed by atoms with E-state index in [9.17, 15) is 4.79 Å². The minimum atomic E-state index is -0.225. The highest BCUT2D eigenvalue weighted by molar-refractivity contribution is 6.29. The number of hydrogen-bond donors (Lipinski definition) is 2. The molecule has 0 aromatic carbocycles. The number of hydrogen-bond acceptors (Lipinski definition) is 3. The standard InChI is InChI=1S/C11H16ClN3O/c1-11(2,3)6-15-10(16)7-4-9(12)14-5-8(7)13/h4-5H,6,13H2,1-3H3,(H,15,16). The molecule has 16 heavy (non-hydrogen) atoms. The third-order valence-corrected chi connectivity index (χ3v) is 2.13. The topological polar surface area (TPSA) is 68.0 Å². The number of nitrogens with zero attached hydrogens (tertiary/aromatic N) is 1. The number of nitrogens with one attached hydrogen (secondary N) is 1. The van der Waals surface area contributed by atoms with E-state index in [2.05, 4.69) is 10.3 Å². The van der Waals surface area contributed by atoms with Crippen molar-refractivity contribution in [1.29, 1.82) is 0 Å². The fourth-order valence-electron chi connectivity index (χ4n) is 1.08. The van der Waals surface area contributed by atoms with Gasteiger partial charge in [0.1, 0.15) is 5.15 Å². The number of anilines is 1. The van der Waals surface area contributed by atoms with E-state index in [0.29, 0.717) is 17.8 Å². The van der Waals surface area contributed by atoms with E-state index >= 15 is 0 Å². The minimum absolute atomic E-state index is 0.0290. The third-order valence-electron chi connectivity index (χ3n) is 1.93. The summed E-state index contributed by atoms with van der Waals surface area (Å²) in [5.74, 6) is -0.225. The first kappa shape index (κ1) is 12.8. The van der Waals surface area contributed by atoms with Crippen LogP contribution in [0, 0.1) is 5.41 Å². The zero-order chi connectivity index (χ0) is 12.3. The van der Waals surface area contributed by atoms with Crippen LogP contribution in [0.4, 0.5) is 5.69 Å². The highest BCUT2D eigenvalue weighted by Gasteiger charge is 2.15. The zero-order valence-corrected chi connectivity index (χ0v) is 10.4. The SMILES string of the molecule is CC(C)(C)CNC(=O)c1cc(Cl)ncc1N. The van der Waals surface area contributed by atoms with E-state index in [-0.39, 0.29) is 16.5 Å². The Hall–Kier alpha value is -1.29. The van der Waals surface area contributed by atoms with Gasteiger partial charge in [-0.25, -0.2) is 4.98 Å². The van der Waals surface area contributed by atoms with Gasteiger partial charge in [0, 0.05) is 6.54 Å². The Kier molecular flexibility index (Phi) is 3.75. The molecule has 1 aromatic rings. The molecule has 1 heterocycles. The molecule has 0 aliphatic rings. The van der Waals surface area contributed by atoms with E-state index in [1.165, 1.54) is 12.3 Å². The fourth-order valence-corrected chi connectivity index (χ4v) is 1.24. The number of nitrogen functional groups attached to an aromatic ring is 1. The van der Waals surface area contributed by atoms with Crippen LogP contribution in [0.15, 0.2) is 12.3 Å². The Balaban J connectivity index is 2.77. The molecule has 88 valence electrons. The summed E-state index contributed by atoms with van der Waals surface area (Å²) < 4.78 is 0. The second-order valence-corrected chi connectivity index (χ2v) is 5.22. The maximum Gasteiger partial charge on any atom is 0.253 e. The van der Waals surface area contributed by atoms with Crippen LogP contribution in [0.5, 0.6) is 0 Å². The van der Waals surface area contributed by atoms with Gasteiger partial charge in [0.2, 0.25) is 0 Å². The predicted octanol–water partition coefficient (Wildman–Crippen LogP) is 2.09. The molecule has 0 radical (unpaired) electrons. The Labute approximate surface area is 100 Å². The lowest BCUT2D eigenvalue weighted by molar-refractivity contribution is 0.0940. The molecule has 0 aliphatic carbocycles. The first-order chi connectivity index (χ1) is 7.29.